The van der Waals surface area contributed by atoms with E-state index in [1.54, 1.807) is 12.4 Å². The molecular weight excluding hydrogens is 184 g/mol. The van der Waals surface area contributed by atoms with Crippen molar-refractivity contribution < 1.29 is 0 Å². The molecule has 0 fully saturated rings. The van der Waals surface area contributed by atoms with Crippen LogP contribution in [0.25, 0.3) is 0 Å². The molecule has 76 valence electrons. The second-order valence-corrected chi connectivity index (χ2v) is 3.51. The predicted octanol–water partition coefficient (Wildman–Crippen LogP) is 3.25. The Bertz CT molecular complexity index is 397. The lowest BCUT2D eigenvalue weighted by atomic mass is 10.1. The molecule has 2 rings (SSSR count). The van der Waals surface area contributed by atoms with Crippen LogP contribution >= 0.6 is 0 Å². The van der Waals surface area contributed by atoms with Gasteiger partial charge in [0.25, 0.3) is 0 Å². The van der Waals surface area contributed by atoms with Crippen molar-refractivity contribution in [2.45, 2.75) is 13.0 Å². The first-order valence-corrected chi connectivity index (χ1v) is 5.08. The summed E-state index contributed by atoms with van der Waals surface area (Å²) in [4.78, 5) is 3.99. The minimum absolute atomic E-state index is 0.314. The van der Waals surface area contributed by atoms with Gasteiger partial charge in [0.15, 0.2) is 0 Å². The first-order valence-electron chi connectivity index (χ1n) is 5.08. The molecule has 0 aliphatic heterocycles. The van der Waals surface area contributed by atoms with E-state index < -0.39 is 0 Å². The fraction of sp³-hybridized carbons (Fsp3) is 0.154. The summed E-state index contributed by atoms with van der Waals surface area (Å²) in [6.07, 6.45) is 3.58. The number of anilines is 1. The Morgan fingerprint density at radius 3 is 2.33 bits per heavy atom. The maximum atomic E-state index is 3.99. The van der Waals surface area contributed by atoms with E-state index in [0.717, 1.165) is 5.69 Å². The van der Waals surface area contributed by atoms with Gasteiger partial charge >= 0.3 is 0 Å². The highest BCUT2D eigenvalue weighted by molar-refractivity contribution is 5.43. The van der Waals surface area contributed by atoms with E-state index in [-0.39, 0.29) is 0 Å². The van der Waals surface area contributed by atoms with E-state index in [4.69, 9.17) is 0 Å². The normalized spacial score (nSPS) is 12.1. The Labute approximate surface area is 90.0 Å². The third kappa shape index (κ3) is 2.56. The molecule has 15 heavy (non-hydrogen) atoms. The van der Waals surface area contributed by atoms with Gasteiger partial charge in [0.2, 0.25) is 0 Å². The highest BCUT2D eigenvalue weighted by Gasteiger charge is 2.03. The van der Waals surface area contributed by atoms with Crippen LogP contribution in [0.3, 0.4) is 0 Å². The number of rotatable bonds is 3. The Morgan fingerprint density at radius 1 is 1.00 bits per heavy atom. The van der Waals surface area contributed by atoms with Crippen molar-refractivity contribution >= 4 is 5.69 Å². The lowest BCUT2D eigenvalue weighted by Gasteiger charge is -2.15. The highest BCUT2D eigenvalue weighted by Crippen LogP contribution is 2.17. The Morgan fingerprint density at radius 2 is 1.67 bits per heavy atom. The van der Waals surface area contributed by atoms with Crippen LogP contribution in [0.5, 0.6) is 0 Å². The molecule has 2 aromatic rings. The molecule has 0 aliphatic carbocycles. The van der Waals surface area contributed by atoms with Gasteiger partial charge in [-0.05, 0) is 24.6 Å². The Kier molecular flexibility index (Phi) is 2.98. The SMILES string of the molecule is CC(Nc1ccncc1)c1ccccc1. The van der Waals surface area contributed by atoms with E-state index >= 15 is 0 Å². The Balaban J connectivity index is 2.08. The molecule has 2 heteroatoms. The average Bonchev–Trinajstić information content (AvgIpc) is 2.31. The van der Waals surface area contributed by atoms with E-state index in [2.05, 4.69) is 41.5 Å². The second-order valence-electron chi connectivity index (χ2n) is 3.51. The number of aromatic nitrogens is 1. The lowest BCUT2D eigenvalue weighted by molar-refractivity contribution is 0.884. The summed E-state index contributed by atoms with van der Waals surface area (Å²) in [7, 11) is 0. The van der Waals surface area contributed by atoms with Crippen LogP contribution in [-0.4, -0.2) is 4.98 Å². The molecular formula is C13H14N2. The summed E-state index contributed by atoms with van der Waals surface area (Å²) in [6, 6.07) is 14.6. The first kappa shape index (κ1) is 9.71. The van der Waals surface area contributed by atoms with Crippen molar-refractivity contribution in [1.82, 2.24) is 4.98 Å². The number of nitrogens with one attached hydrogen (secondary N) is 1. The molecule has 2 nitrogen and oxygen atoms in total. The van der Waals surface area contributed by atoms with Crippen molar-refractivity contribution in [2.75, 3.05) is 5.32 Å². The molecule has 1 unspecified atom stereocenters. The number of nitrogens with zero attached hydrogens (tertiary/aromatic N) is 1. The van der Waals surface area contributed by atoms with E-state index in [9.17, 15) is 0 Å². The fourth-order valence-corrected chi connectivity index (χ4v) is 1.52. The maximum absolute atomic E-state index is 3.99. The van der Waals surface area contributed by atoms with Crippen molar-refractivity contribution in [3.63, 3.8) is 0 Å². The molecule has 0 radical (unpaired) electrons. The number of benzene rings is 1. The van der Waals surface area contributed by atoms with Crippen LogP contribution in [0, 0.1) is 0 Å². The van der Waals surface area contributed by atoms with Gasteiger partial charge in [-0.2, -0.15) is 0 Å². The van der Waals surface area contributed by atoms with Gasteiger partial charge in [-0.25, -0.2) is 0 Å². The molecule has 1 aromatic heterocycles. The third-order valence-electron chi connectivity index (χ3n) is 2.36. The average molecular weight is 198 g/mol. The van der Waals surface area contributed by atoms with Crippen molar-refractivity contribution in [3.8, 4) is 0 Å². The van der Waals surface area contributed by atoms with Gasteiger partial charge in [-0.3, -0.25) is 4.98 Å². The van der Waals surface area contributed by atoms with Crippen LogP contribution in [0.1, 0.15) is 18.5 Å². The molecule has 0 amide bonds. The smallest absolute Gasteiger partial charge is 0.0485 e. The van der Waals surface area contributed by atoms with Crippen molar-refractivity contribution in [1.29, 1.82) is 0 Å². The standard InChI is InChI=1S/C13H14N2/c1-11(12-5-3-2-4-6-12)15-13-7-9-14-10-8-13/h2-11H,1H3,(H,14,15). The zero-order chi connectivity index (χ0) is 10.5. The van der Waals surface area contributed by atoms with Gasteiger partial charge in [0.05, 0.1) is 0 Å². The maximum Gasteiger partial charge on any atom is 0.0485 e. The van der Waals surface area contributed by atoms with Crippen LogP contribution in [0.4, 0.5) is 5.69 Å². The summed E-state index contributed by atoms with van der Waals surface area (Å²) in [5, 5.41) is 3.42. The van der Waals surface area contributed by atoms with Crippen LogP contribution < -0.4 is 5.32 Å². The van der Waals surface area contributed by atoms with E-state index in [1.807, 2.05) is 18.2 Å². The molecule has 0 saturated heterocycles. The quantitative estimate of drug-likeness (QED) is 0.818. The molecule has 1 N–H and O–H groups in total. The molecule has 0 saturated carbocycles. The summed E-state index contributed by atoms with van der Waals surface area (Å²) >= 11 is 0. The molecule has 1 heterocycles. The van der Waals surface area contributed by atoms with Gasteiger partial charge in [-0.1, -0.05) is 30.3 Å². The minimum Gasteiger partial charge on any atom is -0.378 e. The zero-order valence-corrected chi connectivity index (χ0v) is 8.72. The summed E-state index contributed by atoms with van der Waals surface area (Å²) < 4.78 is 0. The summed E-state index contributed by atoms with van der Waals surface area (Å²) in [6.45, 7) is 2.15. The van der Waals surface area contributed by atoms with E-state index in [1.165, 1.54) is 5.56 Å². The van der Waals surface area contributed by atoms with Gasteiger partial charge in [-0.15, -0.1) is 0 Å². The fourth-order valence-electron chi connectivity index (χ4n) is 1.52. The molecule has 0 aliphatic rings. The third-order valence-corrected chi connectivity index (χ3v) is 2.36. The first-order chi connectivity index (χ1) is 7.36. The Hall–Kier alpha value is -1.83. The molecule has 1 aromatic carbocycles. The van der Waals surface area contributed by atoms with Gasteiger partial charge in [0, 0.05) is 24.1 Å². The summed E-state index contributed by atoms with van der Waals surface area (Å²) in [5.74, 6) is 0. The monoisotopic (exact) mass is 198 g/mol. The minimum atomic E-state index is 0.314. The van der Waals surface area contributed by atoms with Gasteiger partial charge < -0.3 is 5.32 Å². The second kappa shape index (κ2) is 4.60. The van der Waals surface area contributed by atoms with Crippen LogP contribution in [-0.2, 0) is 0 Å². The highest BCUT2D eigenvalue weighted by atomic mass is 14.9. The van der Waals surface area contributed by atoms with Crippen LogP contribution in [0.2, 0.25) is 0 Å². The largest absolute Gasteiger partial charge is 0.378 e. The summed E-state index contributed by atoms with van der Waals surface area (Å²) in [5.41, 5.74) is 2.38. The van der Waals surface area contributed by atoms with Gasteiger partial charge in [0.1, 0.15) is 0 Å². The molecule has 1 atom stereocenters. The zero-order valence-electron chi connectivity index (χ0n) is 8.72. The number of hydrogen-bond donors (Lipinski definition) is 1. The van der Waals surface area contributed by atoms with Crippen molar-refractivity contribution in [3.05, 3.63) is 60.4 Å². The molecule has 0 bridgehead atoms. The number of hydrogen-bond acceptors (Lipinski definition) is 2. The predicted molar refractivity (Wildman–Crippen MR) is 62.7 cm³/mol. The van der Waals surface area contributed by atoms with E-state index in [0.29, 0.717) is 6.04 Å². The number of pyridine rings is 1. The lowest BCUT2D eigenvalue weighted by Crippen LogP contribution is -2.06. The van der Waals surface area contributed by atoms with Crippen molar-refractivity contribution in [2.24, 2.45) is 0 Å². The molecule has 0 spiro atoms. The van der Waals surface area contributed by atoms with Crippen LogP contribution in [0.15, 0.2) is 54.9 Å². The topological polar surface area (TPSA) is 24.9 Å².